The molecule has 2 heterocycles. The van der Waals surface area contributed by atoms with Gasteiger partial charge in [0.15, 0.2) is 11.8 Å². The minimum atomic E-state index is -1.39. The van der Waals surface area contributed by atoms with Crippen molar-refractivity contribution in [2.45, 2.75) is 175 Å². The third-order valence-electron chi connectivity index (χ3n) is 16.4. The first-order chi connectivity index (χ1) is 41.5. The number of ether oxygens (including phenoxy) is 3. The molecular formula is C64H87N9O13S. The molecule has 7 atom stereocenters. The van der Waals surface area contributed by atoms with E-state index < -0.39 is 89.6 Å². The minimum Gasteiger partial charge on any atom is -0.476 e. The molecule has 0 spiro atoms. The standard InChI is InChI=1S/C64H87N9O13S/c1-10-12-13-18-32-72(51(38(3)4)34-52(86-41(8)74)57-69-50(37-87-57)59(78)79)58(77)54(40(7)11-2)70-60(80)64(9)30-20-33-73(64)63(83)85-35-42-26-28-43(29-27-42)67-55(75)49(25-19-31-66-61(65)81)68-56(76)53(39(5)6)71-62(82)84-36-48-46-23-16-14-21-44(46)45-22-15-17-24-47(45)48/h14-17,21-24,26-29,37-40,48-49,51-54H,10-13,18-20,25,30-36H2,1-9H3,(H,67,75)(H,68,76)(H,70,80)(H,71,82)(H,78,79)(H3,65,66,81)/t40-,49-,51+,52+,53-,54-,64+/m0/s1. The summed E-state index contributed by atoms with van der Waals surface area (Å²) in [7, 11) is 0. The summed E-state index contributed by atoms with van der Waals surface area (Å²) in [6.07, 6.45) is 2.74. The van der Waals surface area contributed by atoms with Gasteiger partial charge in [-0.2, -0.15) is 0 Å². The molecule has 23 heteroatoms. The molecule has 472 valence electrons. The zero-order chi connectivity index (χ0) is 63.5. The van der Waals surface area contributed by atoms with Crippen LogP contribution in [0.2, 0.25) is 0 Å². The van der Waals surface area contributed by atoms with Crippen molar-refractivity contribution in [2.75, 3.05) is 31.6 Å². The number of anilines is 1. The number of likely N-dealkylation sites (tertiary alicyclic amines) is 1. The lowest BCUT2D eigenvalue weighted by Crippen LogP contribution is -2.62. The number of hydrogen-bond donors (Lipinski definition) is 7. The largest absolute Gasteiger partial charge is 0.476 e. The van der Waals surface area contributed by atoms with Crippen LogP contribution in [-0.2, 0) is 44.8 Å². The van der Waals surface area contributed by atoms with Gasteiger partial charge in [-0.1, -0.05) is 135 Å². The van der Waals surface area contributed by atoms with Gasteiger partial charge in [-0.05, 0) is 96.7 Å². The smallest absolute Gasteiger partial charge is 0.410 e. The topological polar surface area (TPSA) is 307 Å². The second-order valence-electron chi connectivity index (χ2n) is 23.4. The Morgan fingerprint density at radius 2 is 1.48 bits per heavy atom. The number of carbonyl (C=O) groups is 9. The summed E-state index contributed by atoms with van der Waals surface area (Å²) in [5.74, 6) is -4.98. The van der Waals surface area contributed by atoms with Gasteiger partial charge in [0, 0.05) is 56.0 Å². The van der Waals surface area contributed by atoms with Crippen LogP contribution in [0.1, 0.15) is 171 Å². The highest BCUT2D eigenvalue weighted by Crippen LogP contribution is 2.44. The number of aromatic carboxylic acids is 1. The Morgan fingerprint density at radius 3 is 2.07 bits per heavy atom. The Bertz CT molecular complexity index is 3000. The van der Waals surface area contributed by atoms with Gasteiger partial charge < -0.3 is 56.5 Å². The van der Waals surface area contributed by atoms with Gasteiger partial charge in [-0.25, -0.2) is 24.2 Å². The normalized spacial score (nSPS) is 16.5. The Hall–Kier alpha value is -8.08. The van der Waals surface area contributed by atoms with Crippen LogP contribution in [0.4, 0.5) is 20.1 Å². The molecule has 8 N–H and O–H groups in total. The molecule has 87 heavy (non-hydrogen) atoms. The summed E-state index contributed by atoms with van der Waals surface area (Å²) in [5, 5.41) is 25.2. The van der Waals surface area contributed by atoms with E-state index >= 15 is 4.79 Å². The number of carbonyl (C=O) groups excluding carboxylic acids is 8. The third-order valence-corrected chi connectivity index (χ3v) is 17.3. The molecule has 0 radical (unpaired) electrons. The van der Waals surface area contributed by atoms with Gasteiger partial charge in [0.05, 0.1) is 0 Å². The fourth-order valence-electron chi connectivity index (χ4n) is 11.2. The molecule has 2 aliphatic rings. The van der Waals surface area contributed by atoms with Crippen molar-refractivity contribution in [3.05, 3.63) is 106 Å². The van der Waals surface area contributed by atoms with Gasteiger partial charge in [-0.15, -0.1) is 11.3 Å². The number of rotatable bonds is 31. The van der Waals surface area contributed by atoms with Crippen molar-refractivity contribution in [1.29, 1.82) is 0 Å². The maximum atomic E-state index is 15.2. The average Bonchev–Trinajstić information content (AvgIpc) is 1.76. The van der Waals surface area contributed by atoms with E-state index in [9.17, 15) is 43.5 Å². The highest BCUT2D eigenvalue weighted by atomic mass is 32.1. The highest BCUT2D eigenvalue weighted by molar-refractivity contribution is 7.09. The third kappa shape index (κ3) is 18.2. The molecule has 1 aromatic heterocycles. The second kappa shape index (κ2) is 32.1. The van der Waals surface area contributed by atoms with E-state index in [2.05, 4.69) is 38.5 Å². The summed E-state index contributed by atoms with van der Waals surface area (Å²) >= 11 is 1.06. The number of amides is 8. The first kappa shape index (κ1) is 68.0. The lowest BCUT2D eigenvalue weighted by atomic mass is 9.91. The van der Waals surface area contributed by atoms with Crippen LogP contribution < -0.4 is 32.3 Å². The van der Waals surface area contributed by atoms with Crippen molar-refractivity contribution >= 4 is 70.8 Å². The number of nitrogens with zero attached hydrogens (tertiary/aromatic N) is 3. The van der Waals surface area contributed by atoms with E-state index in [1.54, 1.807) is 49.9 Å². The number of nitrogens with two attached hydrogens (primary N) is 1. The number of esters is 1. The van der Waals surface area contributed by atoms with Gasteiger partial charge in [0.2, 0.25) is 23.6 Å². The number of benzene rings is 3. The van der Waals surface area contributed by atoms with Crippen LogP contribution >= 0.6 is 11.3 Å². The summed E-state index contributed by atoms with van der Waals surface area (Å²) in [6, 6.07) is 17.9. The van der Waals surface area contributed by atoms with Crippen LogP contribution in [0, 0.1) is 17.8 Å². The van der Waals surface area contributed by atoms with E-state index in [0.29, 0.717) is 48.5 Å². The van der Waals surface area contributed by atoms with E-state index in [1.807, 2.05) is 76.2 Å². The minimum absolute atomic E-state index is 0.0360. The molecule has 8 amide bonds. The molecular weight excluding hydrogens is 1130 g/mol. The molecule has 1 aliphatic heterocycles. The predicted octanol–water partition coefficient (Wildman–Crippen LogP) is 9.43. The van der Waals surface area contributed by atoms with E-state index in [4.69, 9.17) is 19.9 Å². The number of hydrogen-bond acceptors (Lipinski definition) is 14. The second-order valence-corrected chi connectivity index (χ2v) is 24.3. The lowest BCUT2D eigenvalue weighted by molar-refractivity contribution is -0.150. The molecule has 1 aliphatic carbocycles. The van der Waals surface area contributed by atoms with Crippen LogP contribution in [0.25, 0.3) is 11.1 Å². The fraction of sp³-hybridized carbons (Fsp3) is 0.531. The molecule has 4 aromatic rings. The molecule has 1 fully saturated rings. The van der Waals surface area contributed by atoms with E-state index in [-0.39, 0.29) is 74.9 Å². The quantitative estimate of drug-likeness (QED) is 0.0140. The number of aromatic nitrogens is 1. The zero-order valence-electron chi connectivity index (χ0n) is 51.5. The maximum Gasteiger partial charge on any atom is 0.410 e. The van der Waals surface area contributed by atoms with Gasteiger partial charge in [0.1, 0.15) is 41.9 Å². The first-order valence-corrected chi connectivity index (χ1v) is 31.1. The SMILES string of the molecule is CCCCCCN(C(=O)[C@@H](NC(=O)[C@@]1(C)CCCN1C(=O)OCc1ccc(NC(=O)[C@H](CCCNC(N)=O)NC(=O)[C@@H](NC(=O)OCC2c3ccccc3-c3ccccc32)C(C)C)cc1)[C@@H](C)CC)[C@H](C[C@@H](OC(C)=O)c1nc(C(=O)O)cs1)C(C)C. The molecule has 1 saturated heterocycles. The number of unbranched alkanes of at least 4 members (excludes halogenated alkanes) is 3. The summed E-state index contributed by atoms with van der Waals surface area (Å²) in [5.41, 5.74) is 8.82. The maximum absolute atomic E-state index is 15.2. The van der Waals surface area contributed by atoms with Crippen LogP contribution in [0.3, 0.4) is 0 Å². The first-order valence-electron chi connectivity index (χ1n) is 30.2. The number of carboxylic acids is 1. The van der Waals surface area contributed by atoms with E-state index in [0.717, 1.165) is 52.9 Å². The Kier molecular flexibility index (Phi) is 25.1. The predicted molar refractivity (Wildman–Crippen MR) is 329 cm³/mol. The van der Waals surface area contributed by atoms with Crippen molar-refractivity contribution < 1.29 is 62.5 Å². The van der Waals surface area contributed by atoms with Crippen molar-refractivity contribution in [3.8, 4) is 11.1 Å². The van der Waals surface area contributed by atoms with Gasteiger partial charge in [0.25, 0.3) is 0 Å². The molecule has 0 saturated carbocycles. The number of urea groups is 1. The van der Waals surface area contributed by atoms with Crippen molar-refractivity contribution in [1.82, 2.24) is 36.1 Å². The molecule has 0 bridgehead atoms. The number of fused-ring (bicyclic) bond motifs is 3. The summed E-state index contributed by atoms with van der Waals surface area (Å²) in [6.45, 7) is 16.8. The molecule has 0 unspecified atom stereocenters. The number of primary amides is 1. The summed E-state index contributed by atoms with van der Waals surface area (Å²) in [4.78, 5) is 128. The monoisotopic (exact) mass is 1220 g/mol. The van der Waals surface area contributed by atoms with Crippen molar-refractivity contribution in [2.24, 2.45) is 23.5 Å². The zero-order valence-corrected chi connectivity index (χ0v) is 52.3. The Morgan fingerprint density at radius 1 is 0.816 bits per heavy atom. The lowest BCUT2D eigenvalue weighted by Gasteiger charge is -2.40. The fourth-order valence-corrected chi connectivity index (χ4v) is 12.0. The van der Waals surface area contributed by atoms with Crippen LogP contribution in [0.15, 0.2) is 78.2 Å². The number of carboxylic acid groups (broad SMARTS) is 1. The number of thiazole rings is 1. The molecule has 3 aromatic carbocycles. The van der Waals surface area contributed by atoms with E-state index in [1.165, 1.54) is 17.2 Å². The van der Waals surface area contributed by atoms with Gasteiger partial charge >= 0.3 is 30.2 Å². The van der Waals surface area contributed by atoms with Gasteiger partial charge in [-0.3, -0.25) is 28.9 Å². The highest BCUT2D eigenvalue weighted by Gasteiger charge is 2.49. The average molecular weight is 1220 g/mol. The Labute approximate surface area is 513 Å². The molecule has 22 nitrogen and oxygen atoms in total. The molecule has 6 rings (SSSR count). The van der Waals surface area contributed by atoms with Crippen LogP contribution in [0.5, 0.6) is 0 Å². The van der Waals surface area contributed by atoms with Crippen LogP contribution in [-0.4, -0.2) is 130 Å². The summed E-state index contributed by atoms with van der Waals surface area (Å²) < 4.78 is 17.3. The Balaban J connectivity index is 1.09. The van der Waals surface area contributed by atoms with Crippen molar-refractivity contribution in [3.63, 3.8) is 0 Å². The number of nitrogens with one attached hydrogen (secondary N) is 5. The number of alkyl carbamates (subject to hydrolysis) is 1.